The van der Waals surface area contributed by atoms with E-state index in [1.165, 1.54) is 61.2 Å². The van der Waals surface area contributed by atoms with Crippen LogP contribution in [0.1, 0.15) is 22.3 Å². The van der Waals surface area contributed by atoms with E-state index in [0.29, 0.717) is 5.82 Å². The normalized spacial score (nSPS) is 12.6. The molecule has 67 heavy (non-hydrogen) atoms. The number of benzene rings is 10. The zero-order valence-electron chi connectivity index (χ0n) is 36.6. The highest BCUT2D eigenvalue weighted by atomic mass is 14.9. The van der Waals surface area contributed by atoms with Gasteiger partial charge in [-0.15, -0.1) is 0 Å². The lowest BCUT2D eigenvalue weighted by molar-refractivity contribution is 0.775. The van der Waals surface area contributed by atoms with Crippen molar-refractivity contribution in [3.8, 4) is 101 Å². The molecule has 0 atom stereocenters. The topological polar surface area (TPSA) is 25.8 Å². The Morgan fingerprint density at radius 1 is 0.224 bits per heavy atom. The summed E-state index contributed by atoms with van der Waals surface area (Å²) in [5.41, 5.74) is 23.6. The monoisotopic (exact) mass is 850 g/mol. The molecule has 0 amide bonds. The second-order valence-electron chi connectivity index (χ2n) is 17.6. The zero-order chi connectivity index (χ0) is 44.3. The van der Waals surface area contributed by atoms with Gasteiger partial charge in [0, 0.05) is 16.7 Å². The highest BCUT2D eigenvalue weighted by molar-refractivity contribution is 6.00. The fourth-order valence-corrected chi connectivity index (χ4v) is 11.0. The summed E-state index contributed by atoms with van der Waals surface area (Å²) in [6, 6.07) is 92.5. The molecule has 0 saturated heterocycles. The fraction of sp³-hybridized carbons (Fsp3) is 0.0154. The van der Waals surface area contributed by atoms with E-state index >= 15 is 0 Å². The number of hydrogen-bond donors (Lipinski definition) is 0. The summed E-state index contributed by atoms with van der Waals surface area (Å²) in [5.74, 6) is 0.675. The van der Waals surface area contributed by atoms with Gasteiger partial charge < -0.3 is 0 Å². The molecular weight excluding hydrogens is 809 g/mol. The summed E-state index contributed by atoms with van der Waals surface area (Å²) >= 11 is 0. The first kappa shape index (κ1) is 38.7. The van der Waals surface area contributed by atoms with Crippen LogP contribution in [0.25, 0.3) is 101 Å². The SMILES string of the molecule is c1ccc(-c2ccc(-c3cc(-c4cccc5c4-c4ccccc4C54c5ccccc5-c5ccccc5-c5ccccc54)nc(-c4cc(-c5ccccc5)cc(-c5ccccc5)c4)n3)cc2)cc1. The first-order chi connectivity index (χ1) is 33.2. The summed E-state index contributed by atoms with van der Waals surface area (Å²) in [7, 11) is 0. The molecule has 2 aliphatic carbocycles. The Kier molecular flexibility index (Phi) is 9.11. The van der Waals surface area contributed by atoms with Crippen molar-refractivity contribution in [3.05, 3.63) is 277 Å². The van der Waals surface area contributed by atoms with Gasteiger partial charge in [0.2, 0.25) is 0 Å². The van der Waals surface area contributed by atoms with E-state index in [0.717, 1.165) is 55.9 Å². The molecule has 0 fully saturated rings. The van der Waals surface area contributed by atoms with Gasteiger partial charge in [-0.2, -0.15) is 0 Å². The molecule has 0 bridgehead atoms. The average molecular weight is 851 g/mol. The van der Waals surface area contributed by atoms with Crippen molar-refractivity contribution < 1.29 is 0 Å². The Balaban J connectivity index is 1.08. The second kappa shape index (κ2) is 15.8. The molecule has 13 rings (SSSR count). The maximum Gasteiger partial charge on any atom is 0.160 e. The summed E-state index contributed by atoms with van der Waals surface area (Å²) < 4.78 is 0. The predicted octanol–water partition coefficient (Wildman–Crippen LogP) is 16.5. The van der Waals surface area contributed by atoms with Gasteiger partial charge >= 0.3 is 0 Å². The van der Waals surface area contributed by atoms with Crippen LogP contribution in [-0.4, -0.2) is 9.97 Å². The summed E-state index contributed by atoms with van der Waals surface area (Å²) in [6.45, 7) is 0. The van der Waals surface area contributed by atoms with Crippen LogP contribution in [0.4, 0.5) is 0 Å². The van der Waals surface area contributed by atoms with Crippen LogP contribution >= 0.6 is 0 Å². The third-order valence-electron chi connectivity index (χ3n) is 13.9. The quantitative estimate of drug-likeness (QED) is 0.167. The molecule has 1 heterocycles. The maximum atomic E-state index is 5.65. The molecule has 1 spiro atoms. The Hall–Kier alpha value is -8.72. The van der Waals surface area contributed by atoms with E-state index in [-0.39, 0.29) is 0 Å². The zero-order valence-corrected chi connectivity index (χ0v) is 36.6. The van der Waals surface area contributed by atoms with Crippen molar-refractivity contribution in [2.45, 2.75) is 5.41 Å². The highest BCUT2D eigenvalue weighted by Gasteiger charge is 2.50. The second-order valence-corrected chi connectivity index (χ2v) is 17.6. The molecule has 0 N–H and O–H groups in total. The molecule has 11 aromatic rings. The first-order valence-electron chi connectivity index (χ1n) is 23.1. The first-order valence-corrected chi connectivity index (χ1v) is 23.1. The molecule has 0 radical (unpaired) electrons. The number of hydrogen-bond acceptors (Lipinski definition) is 2. The lowest BCUT2D eigenvalue weighted by Crippen LogP contribution is -2.29. The fourth-order valence-electron chi connectivity index (χ4n) is 11.0. The largest absolute Gasteiger partial charge is 0.228 e. The van der Waals surface area contributed by atoms with Crippen molar-refractivity contribution in [2.75, 3.05) is 0 Å². The third kappa shape index (κ3) is 6.26. The summed E-state index contributed by atoms with van der Waals surface area (Å²) in [6.07, 6.45) is 0. The van der Waals surface area contributed by atoms with Crippen LogP contribution in [0.2, 0.25) is 0 Å². The van der Waals surface area contributed by atoms with Gasteiger partial charge in [-0.3, -0.25) is 0 Å². The minimum absolute atomic E-state index is 0.602. The van der Waals surface area contributed by atoms with E-state index < -0.39 is 5.41 Å². The van der Waals surface area contributed by atoms with Gasteiger partial charge in [-0.1, -0.05) is 231 Å². The molecule has 0 aliphatic heterocycles. The Labute approximate surface area is 391 Å². The number of nitrogens with zero attached hydrogens (tertiary/aromatic N) is 2. The lowest BCUT2D eigenvalue weighted by Gasteiger charge is -2.35. The van der Waals surface area contributed by atoms with Gasteiger partial charge in [0.1, 0.15) is 0 Å². The van der Waals surface area contributed by atoms with Crippen LogP contribution in [0.15, 0.2) is 255 Å². The predicted molar refractivity (Wildman–Crippen MR) is 276 cm³/mol. The molecule has 1 aromatic heterocycles. The van der Waals surface area contributed by atoms with Crippen molar-refractivity contribution in [3.63, 3.8) is 0 Å². The van der Waals surface area contributed by atoms with E-state index in [4.69, 9.17) is 9.97 Å². The molecule has 10 aromatic carbocycles. The number of aromatic nitrogens is 2. The standard InChI is InChI=1S/C65H42N2/c1-4-19-43(20-5-1)46-35-37-47(38-36-46)61-42-62(67-64(66-61)50-40-48(44-21-6-2-7-22-44)39-49(41-50)45-23-8-3-9-24-45)56-30-18-34-60-63(56)55-29-14-17-33-59(55)65(60)57-31-15-12-27-53(57)51-25-10-11-26-52(51)54-28-13-16-32-58(54)65/h1-42H. The van der Waals surface area contributed by atoms with E-state index in [1.54, 1.807) is 0 Å². The molecule has 0 unspecified atom stereocenters. The maximum absolute atomic E-state index is 5.65. The van der Waals surface area contributed by atoms with E-state index in [9.17, 15) is 0 Å². The Morgan fingerprint density at radius 3 is 1.15 bits per heavy atom. The van der Waals surface area contributed by atoms with Crippen LogP contribution in [0, 0.1) is 0 Å². The van der Waals surface area contributed by atoms with Crippen LogP contribution in [0.3, 0.4) is 0 Å². The Morgan fingerprint density at radius 2 is 0.597 bits per heavy atom. The molecule has 2 aliphatic rings. The van der Waals surface area contributed by atoms with Crippen LogP contribution < -0.4 is 0 Å². The van der Waals surface area contributed by atoms with Crippen molar-refractivity contribution >= 4 is 0 Å². The van der Waals surface area contributed by atoms with Crippen molar-refractivity contribution in [1.29, 1.82) is 0 Å². The molecular formula is C65H42N2. The van der Waals surface area contributed by atoms with E-state index in [2.05, 4.69) is 255 Å². The minimum atomic E-state index is -0.602. The summed E-state index contributed by atoms with van der Waals surface area (Å²) in [4.78, 5) is 11.1. The lowest BCUT2D eigenvalue weighted by atomic mass is 9.66. The molecule has 2 heteroatoms. The van der Waals surface area contributed by atoms with Gasteiger partial charge in [-0.05, 0) is 113 Å². The minimum Gasteiger partial charge on any atom is -0.228 e. The van der Waals surface area contributed by atoms with Crippen LogP contribution in [0.5, 0.6) is 0 Å². The van der Waals surface area contributed by atoms with Crippen molar-refractivity contribution in [1.82, 2.24) is 9.97 Å². The average Bonchev–Trinajstić information content (AvgIpc) is 3.66. The molecule has 2 nitrogen and oxygen atoms in total. The molecule has 0 saturated carbocycles. The smallest absolute Gasteiger partial charge is 0.160 e. The molecule has 312 valence electrons. The highest BCUT2D eigenvalue weighted by Crippen LogP contribution is 2.62. The number of rotatable bonds is 6. The van der Waals surface area contributed by atoms with Gasteiger partial charge in [0.25, 0.3) is 0 Å². The van der Waals surface area contributed by atoms with Gasteiger partial charge in [-0.25, -0.2) is 9.97 Å². The number of fused-ring (bicyclic) bond motifs is 12. The third-order valence-corrected chi connectivity index (χ3v) is 13.9. The van der Waals surface area contributed by atoms with Crippen LogP contribution in [-0.2, 0) is 5.41 Å². The summed E-state index contributed by atoms with van der Waals surface area (Å²) in [5, 5.41) is 0. The van der Waals surface area contributed by atoms with Crippen molar-refractivity contribution in [2.24, 2.45) is 0 Å². The van der Waals surface area contributed by atoms with Gasteiger partial charge in [0.15, 0.2) is 5.82 Å². The Bertz CT molecular complexity index is 3540. The van der Waals surface area contributed by atoms with Gasteiger partial charge in [0.05, 0.1) is 16.8 Å². The van der Waals surface area contributed by atoms with E-state index in [1.807, 2.05) is 0 Å².